The largest absolute Gasteiger partial charge is 0.431 e. The van der Waals surface area contributed by atoms with Crippen molar-refractivity contribution < 1.29 is 31.5 Å². The minimum atomic E-state index is -3.64. The number of oxazole rings is 1. The number of carbonyl (C=O) groups is 1. The van der Waals surface area contributed by atoms with Crippen molar-refractivity contribution in [3.05, 3.63) is 47.4 Å². The van der Waals surface area contributed by atoms with Gasteiger partial charge in [0.2, 0.25) is 10.0 Å². The van der Waals surface area contributed by atoms with Crippen LogP contribution in [0, 0.1) is 11.6 Å². The highest BCUT2D eigenvalue weighted by molar-refractivity contribution is 7.91. The van der Waals surface area contributed by atoms with Crippen LogP contribution in [0.15, 0.2) is 28.9 Å². The molecule has 1 heterocycles. The van der Waals surface area contributed by atoms with E-state index in [0.29, 0.717) is 6.04 Å². The van der Waals surface area contributed by atoms with Gasteiger partial charge in [-0.2, -0.15) is 4.98 Å². The molecule has 0 bridgehead atoms. The van der Waals surface area contributed by atoms with E-state index < -0.39 is 39.7 Å². The van der Waals surface area contributed by atoms with Gasteiger partial charge in [-0.15, -0.1) is 0 Å². The fourth-order valence-corrected chi connectivity index (χ4v) is 3.22. The third-order valence-electron chi connectivity index (χ3n) is 4.36. The molecule has 0 spiro atoms. The number of nitrogens with one attached hydrogen (secondary N) is 3. The Bertz CT molecular complexity index is 990. The number of nitrogens with zero attached hydrogens (tertiary/aromatic N) is 1. The first kappa shape index (κ1) is 22.1. The summed E-state index contributed by atoms with van der Waals surface area (Å²) in [6.45, 7) is 0.174. The standard InChI is InChI=1S/C18H22F2N4O5S/c1-30(27,28)24-18-23-15(9-29-18)17(26)22-14(16(25)8-21-13-2-3-13)6-10-4-11(19)7-12(20)5-10/h4-5,7,9,13-14,16,21,25H,2-3,6,8H2,1H3,(H,22,26)(H,23,24)/t14-,16+/m0/s1. The summed E-state index contributed by atoms with van der Waals surface area (Å²) in [7, 11) is -3.64. The zero-order chi connectivity index (χ0) is 21.9. The van der Waals surface area contributed by atoms with Crippen molar-refractivity contribution in [3.63, 3.8) is 0 Å². The Morgan fingerprint density at radius 1 is 1.30 bits per heavy atom. The van der Waals surface area contributed by atoms with Gasteiger partial charge in [0.1, 0.15) is 17.9 Å². The summed E-state index contributed by atoms with van der Waals surface area (Å²) in [5, 5.41) is 16.2. The second-order valence-corrected chi connectivity index (χ2v) is 8.97. The predicted octanol–water partition coefficient (Wildman–Crippen LogP) is 0.778. The number of aromatic nitrogens is 1. The van der Waals surface area contributed by atoms with Gasteiger partial charge in [0, 0.05) is 18.7 Å². The van der Waals surface area contributed by atoms with Crippen molar-refractivity contribution in [2.75, 3.05) is 17.5 Å². The molecule has 0 saturated heterocycles. The second-order valence-electron chi connectivity index (χ2n) is 7.22. The number of halogens is 2. The number of carbonyl (C=O) groups excluding carboxylic acids is 1. The quantitative estimate of drug-likeness (QED) is 0.426. The van der Waals surface area contributed by atoms with Gasteiger partial charge >= 0.3 is 6.01 Å². The summed E-state index contributed by atoms with van der Waals surface area (Å²) in [6, 6.07) is 1.99. The van der Waals surface area contributed by atoms with Gasteiger partial charge in [-0.3, -0.25) is 4.79 Å². The molecule has 12 heteroatoms. The van der Waals surface area contributed by atoms with E-state index in [1.54, 1.807) is 0 Å². The van der Waals surface area contributed by atoms with Gasteiger partial charge in [-0.05, 0) is 37.0 Å². The fourth-order valence-electron chi connectivity index (χ4n) is 2.81. The van der Waals surface area contributed by atoms with Crippen molar-refractivity contribution in [1.29, 1.82) is 0 Å². The number of hydrogen-bond acceptors (Lipinski definition) is 7. The summed E-state index contributed by atoms with van der Waals surface area (Å²) in [6.07, 6.45) is 2.74. The number of benzene rings is 1. The molecule has 0 radical (unpaired) electrons. The Labute approximate surface area is 171 Å². The first-order chi connectivity index (χ1) is 14.1. The number of aliphatic hydroxyl groups excluding tert-OH is 1. The lowest BCUT2D eigenvalue weighted by atomic mass is 10.0. The number of sulfonamides is 1. The van der Waals surface area contributed by atoms with Crippen LogP contribution in [0.2, 0.25) is 0 Å². The van der Waals surface area contributed by atoms with Gasteiger partial charge in [0.05, 0.1) is 18.4 Å². The summed E-state index contributed by atoms with van der Waals surface area (Å²) >= 11 is 0. The highest BCUT2D eigenvalue weighted by atomic mass is 32.2. The minimum Gasteiger partial charge on any atom is -0.431 e. The number of amides is 1. The Morgan fingerprint density at radius 2 is 1.97 bits per heavy atom. The first-order valence-electron chi connectivity index (χ1n) is 9.19. The molecule has 2 aromatic rings. The average Bonchev–Trinajstić information content (AvgIpc) is 3.34. The maximum absolute atomic E-state index is 13.5. The molecule has 2 atom stereocenters. The molecular weight excluding hydrogens is 422 g/mol. The number of anilines is 1. The number of hydrogen-bond donors (Lipinski definition) is 4. The van der Waals surface area contributed by atoms with Crippen LogP contribution in [0.25, 0.3) is 0 Å². The van der Waals surface area contributed by atoms with E-state index >= 15 is 0 Å². The van der Waals surface area contributed by atoms with E-state index in [2.05, 4.69) is 15.6 Å². The van der Waals surface area contributed by atoms with Gasteiger partial charge in [-0.1, -0.05) is 0 Å². The van der Waals surface area contributed by atoms with Gasteiger partial charge in [-0.25, -0.2) is 21.9 Å². The molecule has 3 rings (SSSR count). The molecule has 0 unspecified atom stereocenters. The predicted molar refractivity (Wildman–Crippen MR) is 103 cm³/mol. The smallest absolute Gasteiger partial charge is 0.309 e. The van der Waals surface area contributed by atoms with E-state index in [-0.39, 0.29) is 30.2 Å². The van der Waals surface area contributed by atoms with Crippen molar-refractivity contribution in [2.24, 2.45) is 0 Å². The van der Waals surface area contributed by atoms with E-state index in [0.717, 1.165) is 43.6 Å². The molecule has 1 aliphatic rings. The lowest BCUT2D eigenvalue weighted by Crippen LogP contribution is -2.49. The number of rotatable bonds is 10. The first-order valence-corrected chi connectivity index (χ1v) is 11.1. The third-order valence-corrected chi connectivity index (χ3v) is 4.91. The second kappa shape index (κ2) is 9.06. The maximum atomic E-state index is 13.5. The molecule has 9 nitrogen and oxygen atoms in total. The minimum absolute atomic E-state index is 0.0414. The van der Waals surface area contributed by atoms with Gasteiger partial charge < -0.3 is 20.2 Å². The highest BCUT2D eigenvalue weighted by Gasteiger charge is 2.27. The van der Waals surface area contributed by atoms with Crippen molar-refractivity contribution in [2.45, 2.75) is 37.5 Å². The van der Waals surface area contributed by atoms with Crippen LogP contribution >= 0.6 is 0 Å². The molecular formula is C18H22F2N4O5S. The van der Waals surface area contributed by atoms with Crippen molar-refractivity contribution in [1.82, 2.24) is 15.6 Å². The normalized spacial score (nSPS) is 16.1. The Balaban J connectivity index is 1.72. The van der Waals surface area contributed by atoms with Crippen LogP contribution in [0.4, 0.5) is 14.8 Å². The van der Waals surface area contributed by atoms with E-state index in [9.17, 15) is 27.1 Å². The monoisotopic (exact) mass is 444 g/mol. The zero-order valence-electron chi connectivity index (χ0n) is 16.1. The molecule has 0 aliphatic heterocycles. The molecule has 1 saturated carbocycles. The molecule has 1 aromatic heterocycles. The van der Waals surface area contributed by atoms with Gasteiger partial charge in [0.25, 0.3) is 5.91 Å². The topological polar surface area (TPSA) is 134 Å². The molecule has 30 heavy (non-hydrogen) atoms. The average molecular weight is 444 g/mol. The summed E-state index contributed by atoms with van der Waals surface area (Å²) in [5.74, 6) is -2.28. The van der Waals surface area contributed by atoms with E-state index in [1.165, 1.54) is 0 Å². The highest BCUT2D eigenvalue weighted by Crippen LogP contribution is 2.19. The summed E-state index contributed by atoms with van der Waals surface area (Å²) in [4.78, 5) is 16.3. The van der Waals surface area contributed by atoms with Crippen molar-refractivity contribution >= 4 is 21.9 Å². The lowest BCUT2D eigenvalue weighted by molar-refractivity contribution is 0.0825. The molecule has 4 N–H and O–H groups in total. The Morgan fingerprint density at radius 3 is 2.57 bits per heavy atom. The zero-order valence-corrected chi connectivity index (χ0v) is 16.9. The summed E-state index contributed by atoms with van der Waals surface area (Å²) in [5.41, 5.74) is 0.0294. The SMILES string of the molecule is CS(=O)(=O)Nc1nc(C(=O)N[C@@H](Cc2cc(F)cc(F)c2)[C@H](O)CNC2CC2)co1. The fraction of sp³-hybridized carbons (Fsp3) is 0.444. The molecule has 1 fully saturated rings. The lowest BCUT2D eigenvalue weighted by Gasteiger charge is -2.24. The van der Waals surface area contributed by atoms with Crippen LogP contribution in [-0.2, 0) is 16.4 Å². The van der Waals surface area contributed by atoms with Crippen LogP contribution in [0.5, 0.6) is 0 Å². The number of aliphatic hydroxyl groups is 1. The van der Waals surface area contributed by atoms with Crippen LogP contribution < -0.4 is 15.4 Å². The maximum Gasteiger partial charge on any atom is 0.309 e. The Kier molecular flexibility index (Phi) is 6.68. The van der Waals surface area contributed by atoms with Crippen LogP contribution in [-0.4, -0.2) is 55.4 Å². The van der Waals surface area contributed by atoms with Crippen LogP contribution in [0.1, 0.15) is 28.9 Å². The Hall–Kier alpha value is -2.57. The summed E-state index contributed by atoms with van der Waals surface area (Å²) < 4.78 is 56.4. The third kappa shape index (κ3) is 6.75. The molecule has 1 aliphatic carbocycles. The van der Waals surface area contributed by atoms with Gasteiger partial charge in [0.15, 0.2) is 5.69 Å². The van der Waals surface area contributed by atoms with E-state index in [1.807, 2.05) is 4.72 Å². The molecule has 1 amide bonds. The van der Waals surface area contributed by atoms with Crippen LogP contribution in [0.3, 0.4) is 0 Å². The molecule has 1 aromatic carbocycles. The van der Waals surface area contributed by atoms with E-state index in [4.69, 9.17) is 4.42 Å². The van der Waals surface area contributed by atoms with Crippen molar-refractivity contribution in [3.8, 4) is 0 Å². The molecule has 164 valence electrons.